The molecule has 0 saturated carbocycles. The van der Waals surface area contributed by atoms with Crippen LogP contribution in [0.15, 0.2) is 48.9 Å². The zero-order valence-electron chi connectivity index (χ0n) is 18.1. The van der Waals surface area contributed by atoms with Crippen LogP contribution in [-0.4, -0.2) is 46.0 Å². The van der Waals surface area contributed by atoms with Crippen molar-refractivity contribution in [2.75, 3.05) is 25.5 Å². The van der Waals surface area contributed by atoms with Crippen molar-refractivity contribution in [3.63, 3.8) is 0 Å². The van der Waals surface area contributed by atoms with Crippen LogP contribution in [0.1, 0.15) is 45.9 Å². The van der Waals surface area contributed by atoms with E-state index in [0.717, 1.165) is 42.0 Å². The third kappa shape index (κ3) is 4.50. The molecule has 1 N–H and O–H groups in total. The lowest BCUT2D eigenvalue weighted by Crippen LogP contribution is -2.39. The largest absolute Gasteiger partial charge is 0.496 e. The molecular formula is C24H27N5O2. The number of carbonyl (C=O) groups excluding carboxylic acids is 1. The normalized spacial score (nSPS) is 16.1. The van der Waals surface area contributed by atoms with E-state index in [4.69, 9.17) is 9.72 Å². The molecule has 160 valence electrons. The Hall–Kier alpha value is -3.48. The van der Waals surface area contributed by atoms with Crippen LogP contribution in [0.25, 0.3) is 0 Å². The molecule has 7 nitrogen and oxygen atoms in total. The summed E-state index contributed by atoms with van der Waals surface area (Å²) in [5, 5.41) is 3.25. The second kappa shape index (κ2) is 9.12. The number of rotatable bonds is 5. The third-order valence-electron chi connectivity index (χ3n) is 5.68. The molecule has 31 heavy (non-hydrogen) atoms. The van der Waals surface area contributed by atoms with Gasteiger partial charge in [0.15, 0.2) is 0 Å². The highest BCUT2D eigenvalue weighted by molar-refractivity contribution is 5.97. The second-order valence-corrected chi connectivity index (χ2v) is 7.87. The predicted molar refractivity (Wildman–Crippen MR) is 120 cm³/mol. The summed E-state index contributed by atoms with van der Waals surface area (Å²) in [6, 6.07) is 9.58. The van der Waals surface area contributed by atoms with Crippen LogP contribution < -0.4 is 10.1 Å². The maximum Gasteiger partial charge on any atom is 0.257 e. The third-order valence-corrected chi connectivity index (χ3v) is 5.68. The highest BCUT2D eigenvalue weighted by Crippen LogP contribution is 2.30. The van der Waals surface area contributed by atoms with Gasteiger partial charge in [0.1, 0.15) is 17.4 Å². The summed E-state index contributed by atoms with van der Waals surface area (Å²) >= 11 is 0. The summed E-state index contributed by atoms with van der Waals surface area (Å²) in [6.45, 7) is 5.28. The molecule has 0 bridgehead atoms. The maximum absolute atomic E-state index is 13.2. The van der Waals surface area contributed by atoms with Gasteiger partial charge in [-0.2, -0.15) is 0 Å². The SMILES string of the molecule is COc1c(C)cccc1C(=O)N1CCC[C@H](c2cncc(Nc3ncccc3C)n2)C1. The molecule has 1 atom stereocenters. The average molecular weight is 418 g/mol. The topological polar surface area (TPSA) is 80.2 Å². The van der Waals surface area contributed by atoms with E-state index >= 15 is 0 Å². The van der Waals surface area contributed by atoms with Crippen molar-refractivity contribution < 1.29 is 9.53 Å². The van der Waals surface area contributed by atoms with E-state index in [0.29, 0.717) is 23.7 Å². The Morgan fingerprint density at radius 3 is 2.81 bits per heavy atom. The smallest absolute Gasteiger partial charge is 0.257 e. The average Bonchev–Trinajstić information content (AvgIpc) is 2.80. The molecule has 1 amide bonds. The van der Waals surface area contributed by atoms with Gasteiger partial charge in [0.05, 0.1) is 24.6 Å². The summed E-state index contributed by atoms with van der Waals surface area (Å²) in [6.07, 6.45) is 7.12. The Morgan fingerprint density at radius 2 is 2.00 bits per heavy atom. The van der Waals surface area contributed by atoms with Crippen molar-refractivity contribution in [2.45, 2.75) is 32.6 Å². The van der Waals surface area contributed by atoms with Gasteiger partial charge in [0, 0.05) is 31.4 Å². The molecule has 0 radical (unpaired) electrons. The highest BCUT2D eigenvalue weighted by atomic mass is 16.5. The van der Waals surface area contributed by atoms with Gasteiger partial charge in [0.25, 0.3) is 5.91 Å². The van der Waals surface area contributed by atoms with Gasteiger partial charge in [-0.1, -0.05) is 18.2 Å². The molecule has 1 aliphatic heterocycles. The van der Waals surface area contributed by atoms with Crippen molar-refractivity contribution in [3.05, 3.63) is 71.3 Å². The van der Waals surface area contributed by atoms with Crippen LogP contribution in [-0.2, 0) is 0 Å². The van der Waals surface area contributed by atoms with E-state index < -0.39 is 0 Å². The van der Waals surface area contributed by atoms with Crippen LogP contribution in [0, 0.1) is 13.8 Å². The van der Waals surface area contributed by atoms with E-state index in [1.165, 1.54) is 0 Å². The lowest BCUT2D eigenvalue weighted by Gasteiger charge is -2.33. The number of carbonyl (C=O) groups is 1. The minimum Gasteiger partial charge on any atom is -0.496 e. The number of amides is 1. The molecule has 4 rings (SSSR count). The fraction of sp³-hybridized carbons (Fsp3) is 0.333. The standard InChI is InChI=1S/C24H27N5O2/c1-16-7-4-10-19(22(16)31-3)24(30)29-12-6-9-18(15-29)20-13-25-14-21(27-20)28-23-17(2)8-5-11-26-23/h4-5,7-8,10-11,13-14,18H,6,9,12,15H2,1-3H3,(H,26,27,28)/t18-/m0/s1. The maximum atomic E-state index is 13.2. The fourth-order valence-electron chi connectivity index (χ4n) is 4.04. The monoisotopic (exact) mass is 417 g/mol. The number of nitrogens with zero attached hydrogens (tertiary/aromatic N) is 4. The van der Waals surface area contributed by atoms with Gasteiger partial charge in [-0.3, -0.25) is 9.78 Å². The zero-order valence-corrected chi connectivity index (χ0v) is 18.1. The van der Waals surface area contributed by atoms with E-state index in [9.17, 15) is 4.79 Å². The Kier molecular flexibility index (Phi) is 6.11. The Labute approximate surface area is 182 Å². The number of nitrogens with one attached hydrogen (secondary N) is 1. The lowest BCUT2D eigenvalue weighted by atomic mass is 9.94. The summed E-state index contributed by atoms with van der Waals surface area (Å²) in [5.74, 6) is 2.19. The van der Waals surface area contributed by atoms with E-state index in [2.05, 4.69) is 15.3 Å². The first kappa shape index (κ1) is 20.8. The van der Waals surface area contributed by atoms with Crippen molar-refractivity contribution in [1.82, 2.24) is 19.9 Å². The second-order valence-electron chi connectivity index (χ2n) is 7.87. The van der Waals surface area contributed by atoms with E-state index in [-0.39, 0.29) is 11.8 Å². The molecule has 1 aromatic carbocycles. The number of aryl methyl sites for hydroxylation is 2. The molecule has 2 aromatic heterocycles. The van der Waals surface area contributed by atoms with Crippen LogP contribution >= 0.6 is 0 Å². The number of hydrogen-bond acceptors (Lipinski definition) is 6. The molecule has 0 spiro atoms. The molecule has 1 aliphatic rings. The highest BCUT2D eigenvalue weighted by Gasteiger charge is 2.28. The number of ether oxygens (including phenoxy) is 1. The number of pyridine rings is 1. The number of aromatic nitrogens is 3. The number of anilines is 2. The first-order valence-electron chi connectivity index (χ1n) is 10.5. The molecule has 3 aromatic rings. The molecular weight excluding hydrogens is 390 g/mol. The minimum atomic E-state index is -0.00315. The molecule has 1 saturated heterocycles. The van der Waals surface area contributed by atoms with E-state index in [1.807, 2.05) is 49.1 Å². The molecule has 0 unspecified atom stereocenters. The summed E-state index contributed by atoms with van der Waals surface area (Å²) in [5.41, 5.74) is 3.48. The number of likely N-dealkylation sites (tertiary alicyclic amines) is 1. The van der Waals surface area contributed by atoms with Gasteiger partial charge >= 0.3 is 0 Å². The first-order valence-corrected chi connectivity index (χ1v) is 10.5. The Bertz CT molecular complexity index is 1090. The lowest BCUT2D eigenvalue weighted by molar-refractivity contribution is 0.0702. The molecule has 3 heterocycles. The zero-order chi connectivity index (χ0) is 21.8. The number of benzene rings is 1. The van der Waals surface area contributed by atoms with Crippen LogP contribution in [0.3, 0.4) is 0 Å². The number of piperidine rings is 1. The molecule has 1 fully saturated rings. The van der Waals surface area contributed by atoms with Crippen LogP contribution in [0.4, 0.5) is 11.6 Å². The van der Waals surface area contributed by atoms with Crippen molar-refractivity contribution >= 4 is 17.5 Å². The van der Waals surface area contributed by atoms with Crippen molar-refractivity contribution in [1.29, 1.82) is 0 Å². The Balaban J connectivity index is 1.52. The van der Waals surface area contributed by atoms with Gasteiger partial charge in [-0.15, -0.1) is 0 Å². The van der Waals surface area contributed by atoms with Gasteiger partial charge in [-0.05, 0) is 49.9 Å². The van der Waals surface area contributed by atoms with Gasteiger partial charge in [0.2, 0.25) is 0 Å². The van der Waals surface area contributed by atoms with E-state index in [1.54, 1.807) is 25.7 Å². The van der Waals surface area contributed by atoms with Crippen LogP contribution in [0.5, 0.6) is 5.75 Å². The molecule has 7 heteroatoms. The quantitative estimate of drug-likeness (QED) is 0.668. The minimum absolute atomic E-state index is 0.00315. The first-order chi connectivity index (χ1) is 15.1. The summed E-state index contributed by atoms with van der Waals surface area (Å²) < 4.78 is 5.50. The van der Waals surface area contributed by atoms with Crippen molar-refractivity contribution in [2.24, 2.45) is 0 Å². The summed E-state index contributed by atoms with van der Waals surface area (Å²) in [7, 11) is 1.61. The number of para-hydroxylation sites is 1. The van der Waals surface area contributed by atoms with Crippen LogP contribution in [0.2, 0.25) is 0 Å². The van der Waals surface area contributed by atoms with Crippen molar-refractivity contribution in [3.8, 4) is 5.75 Å². The van der Waals surface area contributed by atoms with Gasteiger partial charge < -0.3 is 15.0 Å². The number of hydrogen-bond donors (Lipinski definition) is 1. The fourth-order valence-corrected chi connectivity index (χ4v) is 4.04. The Morgan fingerprint density at radius 1 is 1.16 bits per heavy atom. The summed E-state index contributed by atoms with van der Waals surface area (Å²) in [4.78, 5) is 28.7. The predicted octanol–water partition coefficient (Wildman–Crippen LogP) is 4.26. The number of methoxy groups -OCH3 is 1. The molecule has 0 aliphatic carbocycles. The van der Waals surface area contributed by atoms with Gasteiger partial charge in [-0.25, -0.2) is 9.97 Å².